The second-order valence-corrected chi connectivity index (χ2v) is 8.76. The lowest BCUT2D eigenvalue weighted by Gasteiger charge is -2.48. The third kappa shape index (κ3) is 1.94. The maximum atomic E-state index is 13.2. The van der Waals surface area contributed by atoms with Crippen LogP contribution in [-0.2, 0) is 19.1 Å². The highest BCUT2D eigenvalue weighted by molar-refractivity contribution is 6.08. The summed E-state index contributed by atoms with van der Waals surface area (Å²) in [7, 11) is 0. The fraction of sp³-hybridized carbons (Fsp3) is 0.750. The van der Waals surface area contributed by atoms with Gasteiger partial charge in [-0.2, -0.15) is 0 Å². The van der Waals surface area contributed by atoms with E-state index in [0.29, 0.717) is 12.3 Å². The van der Waals surface area contributed by atoms with E-state index in [1.165, 1.54) is 6.92 Å². The average Bonchev–Trinajstić information content (AvgIpc) is 2.94. The van der Waals surface area contributed by atoms with E-state index >= 15 is 0 Å². The van der Waals surface area contributed by atoms with E-state index in [1.54, 1.807) is 6.08 Å². The van der Waals surface area contributed by atoms with Gasteiger partial charge in [-0.3, -0.25) is 14.4 Å². The molecule has 130 valence electrons. The molecule has 24 heavy (non-hydrogen) atoms. The number of rotatable bonds is 1. The first kappa shape index (κ1) is 16.0. The molecule has 3 saturated carbocycles. The molecule has 4 aliphatic carbocycles. The number of hydrogen-bond acceptors (Lipinski definition) is 4. The predicted molar refractivity (Wildman–Crippen MR) is 88.0 cm³/mol. The van der Waals surface area contributed by atoms with Crippen LogP contribution in [0.4, 0.5) is 0 Å². The van der Waals surface area contributed by atoms with Crippen molar-refractivity contribution in [3.8, 4) is 0 Å². The Morgan fingerprint density at radius 1 is 1.12 bits per heavy atom. The van der Waals surface area contributed by atoms with Gasteiger partial charge in [-0.25, -0.2) is 0 Å². The van der Waals surface area contributed by atoms with Gasteiger partial charge in [0.2, 0.25) is 0 Å². The Kier molecular flexibility index (Phi) is 3.36. The van der Waals surface area contributed by atoms with Crippen LogP contribution in [-0.4, -0.2) is 23.6 Å². The number of carbonyl (C=O) groups excluding carboxylic acids is 3. The van der Waals surface area contributed by atoms with Crippen molar-refractivity contribution in [2.75, 3.05) is 0 Å². The number of esters is 1. The van der Waals surface area contributed by atoms with E-state index in [0.717, 1.165) is 37.7 Å². The number of allylic oxidation sites excluding steroid dienone is 2. The molecule has 0 saturated heterocycles. The zero-order valence-electron chi connectivity index (χ0n) is 14.8. The van der Waals surface area contributed by atoms with Crippen LogP contribution in [0.1, 0.15) is 59.3 Å². The maximum Gasteiger partial charge on any atom is 0.302 e. The van der Waals surface area contributed by atoms with Gasteiger partial charge in [0.1, 0.15) is 6.10 Å². The first-order valence-electron chi connectivity index (χ1n) is 9.24. The second kappa shape index (κ2) is 5.03. The molecule has 3 fully saturated rings. The monoisotopic (exact) mass is 330 g/mol. The Balaban J connectivity index is 1.71. The Morgan fingerprint density at radius 2 is 1.88 bits per heavy atom. The molecule has 0 spiro atoms. The zero-order valence-corrected chi connectivity index (χ0v) is 14.8. The molecule has 0 radical (unpaired) electrons. The summed E-state index contributed by atoms with van der Waals surface area (Å²) in [5.74, 6) is 0.698. The summed E-state index contributed by atoms with van der Waals surface area (Å²) < 4.78 is 5.61. The quantitative estimate of drug-likeness (QED) is 0.693. The number of hydrogen-bond donors (Lipinski definition) is 0. The van der Waals surface area contributed by atoms with E-state index in [1.807, 2.05) is 0 Å². The number of fused-ring (bicyclic) bond motifs is 5. The lowest BCUT2D eigenvalue weighted by molar-refractivity contribution is -0.156. The van der Waals surface area contributed by atoms with E-state index in [2.05, 4.69) is 13.8 Å². The normalized spacial score (nSPS) is 46.9. The van der Waals surface area contributed by atoms with Crippen LogP contribution in [0.3, 0.4) is 0 Å². The van der Waals surface area contributed by atoms with Gasteiger partial charge >= 0.3 is 5.97 Å². The molecule has 6 atom stereocenters. The van der Waals surface area contributed by atoms with Crippen LogP contribution in [0, 0.1) is 28.6 Å². The van der Waals surface area contributed by atoms with Gasteiger partial charge in [0.05, 0.1) is 0 Å². The van der Waals surface area contributed by atoms with Crippen molar-refractivity contribution >= 4 is 17.5 Å². The minimum absolute atomic E-state index is 0.00598. The molecule has 0 N–H and O–H groups in total. The Hall–Kier alpha value is -1.45. The molecule has 4 rings (SSSR count). The van der Waals surface area contributed by atoms with E-state index < -0.39 is 0 Å². The smallest absolute Gasteiger partial charge is 0.302 e. The molecule has 0 heterocycles. The molecule has 0 bridgehead atoms. The van der Waals surface area contributed by atoms with Crippen molar-refractivity contribution in [2.45, 2.75) is 65.4 Å². The van der Waals surface area contributed by atoms with Gasteiger partial charge in [-0.05, 0) is 50.0 Å². The molecule has 0 unspecified atom stereocenters. The van der Waals surface area contributed by atoms with Gasteiger partial charge in [0.15, 0.2) is 11.6 Å². The molecule has 0 aromatic rings. The van der Waals surface area contributed by atoms with Gasteiger partial charge in [-0.15, -0.1) is 0 Å². The molecular formula is C20H26O4. The van der Waals surface area contributed by atoms with Gasteiger partial charge < -0.3 is 4.74 Å². The summed E-state index contributed by atoms with van der Waals surface area (Å²) >= 11 is 0. The van der Waals surface area contributed by atoms with E-state index in [-0.39, 0.29) is 46.3 Å². The van der Waals surface area contributed by atoms with Gasteiger partial charge in [0.25, 0.3) is 0 Å². The molecule has 4 heteroatoms. The average molecular weight is 330 g/mol. The predicted octanol–water partition coefficient (Wildman–Crippen LogP) is 3.24. The first-order chi connectivity index (χ1) is 11.3. The lowest BCUT2D eigenvalue weighted by atomic mass is 9.56. The molecule has 0 aromatic heterocycles. The van der Waals surface area contributed by atoms with Crippen LogP contribution in [0.25, 0.3) is 0 Å². The molecule has 4 nitrogen and oxygen atoms in total. The fourth-order valence-corrected chi connectivity index (χ4v) is 6.40. The lowest BCUT2D eigenvalue weighted by Crippen LogP contribution is -2.46. The van der Waals surface area contributed by atoms with Crippen molar-refractivity contribution < 1.29 is 19.1 Å². The Bertz CT molecular complexity index is 663. The fourth-order valence-electron chi connectivity index (χ4n) is 6.40. The highest BCUT2D eigenvalue weighted by Gasteiger charge is 2.65. The van der Waals surface area contributed by atoms with Gasteiger partial charge in [-0.1, -0.05) is 13.8 Å². The highest BCUT2D eigenvalue weighted by Crippen LogP contribution is 2.66. The highest BCUT2D eigenvalue weighted by atomic mass is 16.5. The summed E-state index contributed by atoms with van der Waals surface area (Å²) in [6, 6.07) is 0. The van der Waals surface area contributed by atoms with Crippen LogP contribution >= 0.6 is 0 Å². The SMILES string of the molecule is CC(=O)O[C@H]1CC[C@H]2[C@@H]3C(=O)C4=CC(=O)CC[C@]4(C)[C@H]3CC[C@]12C. The largest absolute Gasteiger partial charge is 0.462 e. The standard InChI is InChI=1S/C20H26O4/c1-11(21)24-16-5-4-13-17-14(7-9-20(13,16)3)19(2)8-6-12(22)10-15(19)18(17)23/h10,13-14,16-17H,4-9H2,1-3H3/t13-,14-,16-,17-,19+,20-/m0/s1. The first-order valence-corrected chi connectivity index (χ1v) is 9.24. The third-order valence-corrected chi connectivity index (χ3v) is 7.69. The van der Waals surface area contributed by atoms with Crippen LogP contribution in [0.2, 0.25) is 0 Å². The third-order valence-electron chi connectivity index (χ3n) is 7.69. The zero-order chi connectivity index (χ0) is 17.3. The van der Waals surface area contributed by atoms with E-state index in [9.17, 15) is 14.4 Å². The number of ether oxygens (including phenoxy) is 1. The molecule has 0 amide bonds. The summed E-state index contributed by atoms with van der Waals surface area (Å²) in [5, 5.41) is 0. The summed E-state index contributed by atoms with van der Waals surface area (Å²) in [6.45, 7) is 5.86. The number of carbonyl (C=O) groups is 3. The Morgan fingerprint density at radius 3 is 2.58 bits per heavy atom. The summed E-state index contributed by atoms with van der Waals surface area (Å²) in [4.78, 5) is 36.6. The van der Waals surface area contributed by atoms with Crippen molar-refractivity contribution in [2.24, 2.45) is 28.6 Å². The molecular weight excluding hydrogens is 304 g/mol. The van der Waals surface area contributed by atoms with Crippen LogP contribution in [0.15, 0.2) is 11.6 Å². The van der Waals surface area contributed by atoms with E-state index in [4.69, 9.17) is 4.74 Å². The van der Waals surface area contributed by atoms with Crippen molar-refractivity contribution in [3.63, 3.8) is 0 Å². The van der Waals surface area contributed by atoms with Crippen molar-refractivity contribution in [1.82, 2.24) is 0 Å². The van der Waals surface area contributed by atoms with Crippen molar-refractivity contribution in [3.05, 3.63) is 11.6 Å². The van der Waals surface area contributed by atoms with Crippen molar-refractivity contribution in [1.29, 1.82) is 0 Å². The molecule has 0 aromatic carbocycles. The molecule has 4 aliphatic rings. The van der Waals surface area contributed by atoms with Gasteiger partial charge in [0, 0.05) is 35.7 Å². The molecule has 0 aliphatic heterocycles. The summed E-state index contributed by atoms with van der Waals surface area (Å²) in [6.07, 6.45) is 6.73. The summed E-state index contributed by atoms with van der Waals surface area (Å²) in [5.41, 5.74) is 0.557. The minimum atomic E-state index is -0.226. The Labute approximate surface area is 143 Å². The number of ketones is 2. The van der Waals surface area contributed by atoms with Crippen LogP contribution < -0.4 is 0 Å². The second-order valence-electron chi connectivity index (χ2n) is 8.76. The van der Waals surface area contributed by atoms with Crippen LogP contribution in [0.5, 0.6) is 0 Å². The minimum Gasteiger partial charge on any atom is -0.462 e. The number of Topliss-reactive ketones (excluding diaryl/α,β-unsaturated/α-hetero) is 1. The maximum absolute atomic E-state index is 13.2. The topological polar surface area (TPSA) is 60.4 Å².